The molecular formula is C25H24Cl2N2O5. The molecule has 1 atom stereocenters. The molecule has 1 aliphatic rings. The van der Waals surface area contributed by atoms with Crippen molar-refractivity contribution in [1.29, 1.82) is 0 Å². The van der Waals surface area contributed by atoms with Crippen LogP contribution in [-0.4, -0.2) is 54.1 Å². The fourth-order valence-electron chi connectivity index (χ4n) is 4.53. The molecule has 1 aliphatic heterocycles. The van der Waals surface area contributed by atoms with E-state index in [0.29, 0.717) is 13.0 Å². The van der Waals surface area contributed by atoms with Gasteiger partial charge >= 0.3 is 0 Å². The number of likely N-dealkylation sites (tertiary alicyclic amines) is 1. The van der Waals surface area contributed by atoms with Gasteiger partial charge in [-0.25, -0.2) is 0 Å². The van der Waals surface area contributed by atoms with E-state index in [1.807, 2.05) is 31.2 Å². The number of Topliss-reactive ketones (excluding diaryl/α,β-unsaturated/α-hetero) is 1. The number of nitrogens with one attached hydrogen (secondary N) is 1. The van der Waals surface area contributed by atoms with E-state index in [1.54, 1.807) is 7.11 Å². The number of benzene rings is 2. The second-order valence-corrected chi connectivity index (χ2v) is 8.86. The first-order valence-electron chi connectivity index (χ1n) is 10.7. The summed E-state index contributed by atoms with van der Waals surface area (Å²) in [6.45, 7) is 2.56. The number of aliphatic hydroxyl groups excluding tert-OH is 1. The van der Waals surface area contributed by atoms with Crippen molar-refractivity contribution in [1.82, 2.24) is 9.88 Å². The van der Waals surface area contributed by atoms with Crippen molar-refractivity contribution in [2.75, 3.05) is 27.4 Å². The van der Waals surface area contributed by atoms with Crippen molar-refractivity contribution >= 4 is 51.6 Å². The Balaban J connectivity index is 1.99. The monoisotopic (exact) mass is 502 g/mol. The average molecular weight is 503 g/mol. The highest BCUT2D eigenvalue weighted by Crippen LogP contribution is 2.45. The van der Waals surface area contributed by atoms with Gasteiger partial charge in [-0.3, -0.25) is 9.59 Å². The van der Waals surface area contributed by atoms with Crippen molar-refractivity contribution in [3.63, 3.8) is 0 Å². The van der Waals surface area contributed by atoms with Crippen molar-refractivity contribution in [2.24, 2.45) is 0 Å². The molecule has 1 amide bonds. The van der Waals surface area contributed by atoms with E-state index < -0.39 is 23.5 Å². The number of ether oxygens (including phenoxy) is 2. The number of carbonyl (C=O) groups excluding carboxylic acids is 2. The summed E-state index contributed by atoms with van der Waals surface area (Å²) >= 11 is 12.5. The summed E-state index contributed by atoms with van der Waals surface area (Å²) in [5.74, 6) is -1.73. The van der Waals surface area contributed by atoms with Gasteiger partial charge in [-0.1, -0.05) is 41.4 Å². The second kappa shape index (κ2) is 9.70. The molecule has 4 rings (SSSR count). The van der Waals surface area contributed by atoms with Crippen LogP contribution < -0.4 is 4.74 Å². The fraction of sp³-hybridized carbons (Fsp3) is 0.280. The molecule has 178 valence electrons. The quantitative estimate of drug-likeness (QED) is 0.199. The molecule has 0 bridgehead atoms. The molecule has 1 fully saturated rings. The molecule has 2 aromatic carbocycles. The van der Waals surface area contributed by atoms with E-state index in [2.05, 4.69) is 4.98 Å². The van der Waals surface area contributed by atoms with Gasteiger partial charge in [0.1, 0.15) is 11.5 Å². The molecule has 0 saturated carbocycles. The van der Waals surface area contributed by atoms with Gasteiger partial charge in [-0.05, 0) is 31.5 Å². The Hall–Kier alpha value is -3.00. The number of para-hydroxylation sites is 1. The van der Waals surface area contributed by atoms with Gasteiger partial charge in [-0.2, -0.15) is 0 Å². The topological polar surface area (TPSA) is 91.9 Å². The SMILES string of the molecule is COCCCN1C(=O)C(=O)/C(=C(/O)c2cc(Cl)cc(Cl)c2OC)C1c1c(C)[nH]c2ccccc12. The third-order valence-electron chi connectivity index (χ3n) is 5.97. The Morgan fingerprint density at radius 3 is 2.62 bits per heavy atom. The fourth-order valence-corrected chi connectivity index (χ4v) is 5.10. The van der Waals surface area contributed by atoms with Crippen LogP contribution in [0.15, 0.2) is 42.0 Å². The van der Waals surface area contributed by atoms with Crippen molar-refractivity contribution < 1.29 is 24.2 Å². The summed E-state index contributed by atoms with van der Waals surface area (Å²) in [6, 6.07) is 9.73. The molecule has 0 radical (unpaired) electrons. The van der Waals surface area contributed by atoms with Crippen LogP contribution in [0.25, 0.3) is 16.7 Å². The van der Waals surface area contributed by atoms with Crippen LogP contribution in [0.1, 0.15) is 29.3 Å². The summed E-state index contributed by atoms with van der Waals surface area (Å²) in [7, 11) is 2.97. The van der Waals surface area contributed by atoms with Crippen molar-refractivity contribution in [3.05, 3.63) is 68.8 Å². The molecule has 9 heteroatoms. The number of aliphatic hydroxyl groups is 1. The Kier molecular flexibility index (Phi) is 6.89. The minimum Gasteiger partial charge on any atom is -0.507 e. The summed E-state index contributed by atoms with van der Waals surface area (Å²) in [5, 5.41) is 12.7. The second-order valence-electron chi connectivity index (χ2n) is 8.02. The van der Waals surface area contributed by atoms with Gasteiger partial charge in [0.25, 0.3) is 11.7 Å². The Morgan fingerprint density at radius 2 is 1.91 bits per heavy atom. The van der Waals surface area contributed by atoms with Crippen LogP contribution in [-0.2, 0) is 14.3 Å². The highest BCUT2D eigenvalue weighted by atomic mass is 35.5. The van der Waals surface area contributed by atoms with Crippen LogP contribution >= 0.6 is 23.2 Å². The number of aromatic amines is 1. The van der Waals surface area contributed by atoms with Gasteiger partial charge in [0.15, 0.2) is 0 Å². The molecule has 0 spiro atoms. The number of carbonyl (C=O) groups is 2. The zero-order chi connectivity index (χ0) is 24.6. The minimum absolute atomic E-state index is 0.0492. The maximum Gasteiger partial charge on any atom is 0.295 e. The van der Waals surface area contributed by atoms with E-state index >= 15 is 0 Å². The zero-order valence-electron chi connectivity index (χ0n) is 18.9. The van der Waals surface area contributed by atoms with E-state index in [9.17, 15) is 14.7 Å². The van der Waals surface area contributed by atoms with Gasteiger partial charge in [0, 0.05) is 47.4 Å². The third-order valence-corrected chi connectivity index (χ3v) is 6.47. The lowest BCUT2D eigenvalue weighted by Gasteiger charge is -2.26. The minimum atomic E-state index is -0.824. The Labute approximate surface area is 206 Å². The molecule has 0 aliphatic carbocycles. The lowest BCUT2D eigenvalue weighted by molar-refractivity contribution is -0.140. The lowest BCUT2D eigenvalue weighted by Crippen LogP contribution is -2.31. The van der Waals surface area contributed by atoms with Gasteiger partial charge in [0.05, 0.1) is 29.3 Å². The number of nitrogens with zero attached hydrogens (tertiary/aromatic N) is 1. The number of ketones is 1. The van der Waals surface area contributed by atoms with Gasteiger partial charge in [0.2, 0.25) is 0 Å². The molecule has 34 heavy (non-hydrogen) atoms. The first-order chi connectivity index (χ1) is 16.3. The first-order valence-corrected chi connectivity index (χ1v) is 11.4. The first kappa shape index (κ1) is 24.1. The lowest BCUT2D eigenvalue weighted by atomic mass is 9.93. The summed E-state index contributed by atoms with van der Waals surface area (Å²) in [5.41, 5.74) is 2.47. The van der Waals surface area contributed by atoms with Crippen molar-refractivity contribution in [3.8, 4) is 5.75 Å². The Bertz CT molecular complexity index is 1310. The predicted molar refractivity (Wildman–Crippen MR) is 132 cm³/mol. The number of halogens is 2. The molecule has 1 unspecified atom stereocenters. The van der Waals surface area contributed by atoms with E-state index in [1.165, 1.54) is 24.1 Å². The number of hydrogen-bond donors (Lipinski definition) is 2. The van der Waals surface area contributed by atoms with E-state index in [4.69, 9.17) is 32.7 Å². The normalized spacial score (nSPS) is 17.7. The van der Waals surface area contributed by atoms with Crippen LogP contribution in [0.4, 0.5) is 0 Å². The number of aromatic nitrogens is 1. The molecule has 3 aromatic rings. The predicted octanol–water partition coefficient (Wildman–Crippen LogP) is 5.25. The Morgan fingerprint density at radius 1 is 1.18 bits per heavy atom. The van der Waals surface area contributed by atoms with Crippen LogP contribution in [0, 0.1) is 6.92 Å². The number of rotatable bonds is 7. The maximum atomic E-state index is 13.3. The number of aryl methyl sites for hydroxylation is 1. The number of fused-ring (bicyclic) bond motifs is 1. The average Bonchev–Trinajstić information content (AvgIpc) is 3.26. The van der Waals surface area contributed by atoms with Gasteiger partial charge < -0.3 is 24.5 Å². The molecule has 1 saturated heterocycles. The number of hydrogen-bond acceptors (Lipinski definition) is 5. The largest absolute Gasteiger partial charge is 0.507 e. The standard InChI is InChI=1S/C25H24Cl2N2O5/c1-13-19(15-7-4-5-8-18(15)28-13)21-20(23(31)25(32)29(21)9-6-10-33-2)22(30)16-11-14(26)12-17(27)24(16)34-3/h4-5,7-8,11-12,21,28,30H,6,9-10H2,1-3H3/b22-20+. The zero-order valence-corrected chi connectivity index (χ0v) is 20.5. The van der Waals surface area contributed by atoms with E-state index in [0.717, 1.165) is 22.2 Å². The summed E-state index contributed by atoms with van der Waals surface area (Å²) in [6.07, 6.45) is 0.522. The molecule has 1 aromatic heterocycles. The smallest absolute Gasteiger partial charge is 0.295 e. The highest BCUT2D eigenvalue weighted by Gasteiger charge is 2.47. The highest BCUT2D eigenvalue weighted by molar-refractivity contribution is 6.47. The van der Waals surface area contributed by atoms with Crippen LogP contribution in [0.3, 0.4) is 0 Å². The number of H-pyrrole nitrogens is 1. The maximum absolute atomic E-state index is 13.3. The number of methoxy groups -OCH3 is 2. The number of amides is 1. The van der Waals surface area contributed by atoms with E-state index in [-0.39, 0.29) is 33.5 Å². The molecule has 2 N–H and O–H groups in total. The molecule has 7 nitrogen and oxygen atoms in total. The summed E-state index contributed by atoms with van der Waals surface area (Å²) in [4.78, 5) is 31.3. The van der Waals surface area contributed by atoms with Crippen molar-refractivity contribution in [2.45, 2.75) is 19.4 Å². The van der Waals surface area contributed by atoms with Gasteiger partial charge in [-0.15, -0.1) is 0 Å². The van der Waals surface area contributed by atoms with Crippen LogP contribution in [0.5, 0.6) is 5.75 Å². The van der Waals surface area contributed by atoms with Crippen LogP contribution in [0.2, 0.25) is 10.0 Å². The summed E-state index contributed by atoms with van der Waals surface area (Å²) < 4.78 is 10.5. The third kappa shape index (κ3) is 4.04. The molecular weight excluding hydrogens is 479 g/mol. The molecule has 2 heterocycles.